The monoisotopic (exact) mass is 503 g/mol. The van der Waals surface area contributed by atoms with Gasteiger partial charge in [0.2, 0.25) is 5.28 Å². The number of halogens is 3. The Labute approximate surface area is 204 Å². The molecular formula is C23H18Cl3N4O3+. The fourth-order valence-corrected chi connectivity index (χ4v) is 4.25. The molecule has 0 unspecified atom stereocenters. The lowest BCUT2D eigenvalue weighted by molar-refractivity contribution is -0.450. The van der Waals surface area contributed by atoms with Crippen molar-refractivity contribution in [1.82, 2.24) is 14.9 Å². The van der Waals surface area contributed by atoms with Crippen molar-refractivity contribution in [2.24, 2.45) is 0 Å². The molecule has 1 N–H and O–H groups in total. The third-order valence-corrected chi connectivity index (χ3v) is 6.44. The summed E-state index contributed by atoms with van der Waals surface area (Å²) in [6.45, 7) is 1.89. The van der Waals surface area contributed by atoms with Gasteiger partial charge in [0.05, 0.1) is 33.3 Å². The maximum absolute atomic E-state index is 13.3. The fraction of sp³-hybridized carbons (Fsp3) is 0.174. The molecule has 1 aromatic heterocycles. The Balaban J connectivity index is 1.71. The fourth-order valence-electron chi connectivity index (χ4n) is 3.68. The molecule has 0 bridgehead atoms. The lowest BCUT2D eigenvalue weighted by atomic mass is 10.0. The summed E-state index contributed by atoms with van der Waals surface area (Å²) in [5.74, 6) is -0.510. The van der Waals surface area contributed by atoms with E-state index in [1.54, 1.807) is 54.9 Å². The predicted octanol–water partition coefficient (Wildman–Crippen LogP) is 3.92. The SMILES string of the molecule is CNC(=O)c1ccc(-n2c(Cl)nc3c(c2=O)CC(C)=[N+](C(=O)c2ccc(Cl)c(Cl)c2)C3)cc1. The van der Waals surface area contributed by atoms with Crippen LogP contribution in [-0.2, 0) is 13.0 Å². The number of aromatic nitrogens is 2. The van der Waals surface area contributed by atoms with Gasteiger partial charge in [-0.1, -0.05) is 23.2 Å². The van der Waals surface area contributed by atoms with Crippen molar-refractivity contribution >= 4 is 52.3 Å². The second kappa shape index (κ2) is 9.09. The van der Waals surface area contributed by atoms with Gasteiger partial charge in [-0.15, -0.1) is 0 Å². The van der Waals surface area contributed by atoms with Crippen molar-refractivity contribution in [3.63, 3.8) is 0 Å². The maximum atomic E-state index is 13.3. The number of fused-ring (bicyclic) bond motifs is 1. The van der Waals surface area contributed by atoms with Crippen LogP contribution in [0.5, 0.6) is 0 Å². The summed E-state index contributed by atoms with van der Waals surface area (Å²) >= 11 is 18.4. The molecule has 0 saturated heterocycles. The molecule has 3 aromatic rings. The highest BCUT2D eigenvalue weighted by Crippen LogP contribution is 2.24. The molecule has 0 spiro atoms. The van der Waals surface area contributed by atoms with Crippen LogP contribution in [0.15, 0.2) is 47.3 Å². The maximum Gasteiger partial charge on any atom is 0.419 e. The van der Waals surface area contributed by atoms with E-state index in [1.807, 2.05) is 0 Å². The first-order chi connectivity index (χ1) is 15.7. The Bertz CT molecular complexity index is 1400. The molecule has 2 amide bonds. The van der Waals surface area contributed by atoms with Crippen LogP contribution in [0.25, 0.3) is 5.69 Å². The number of nitrogens with one attached hydrogen (secondary N) is 1. The molecule has 1 aliphatic heterocycles. The summed E-state index contributed by atoms with van der Waals surface area (Å²) in [7, 11) is 1.54. The summed E-state index contributed by atoms with van der Waals surface area (Å²) in [5, 5.41) is 3.15. The van der Waals surface area contributed by atoms with Crippen LogP contribution < -0.4 is 10.9 Å². The zero-order valence-electron chi connectivity index (χ0n) is 17.7. The van der Waals surface area contributed by atoms with E-state index in [2.05, 4.69) is 10.3 Å². The third kappa shape index (κ3) is 4.31. The quantitative estimate of drug-likeness (QED) is 0.433. The van der Waals surface area contributed by atoms with Crippen LogP contribution >= 0.6 is 34.8 Å². The minimum absolute atomic E-state index is 0.0343. The van der Waals surface area contributed by atoms with Crippen LogP contribution in [0, 0.1) is 0 Å². The van der Waals surface area contributed by atoms with Crippen molar-refractivity contribution in [3.8, 4) is 5.69 Å². The first-order valence-corrected chi connectivity index (χ1v) is 11.1. The minimum Gasteiger partial charge on any atom is -0.355 e. The summed E-state index contributed by atoms with van der Waals surface area (Å²) in [6, 6.07) is 11.1. The lowest BCUT2D eigenvalue weighted by Gasteiger charge is -2.17. The molecule has 0 aliphatic carbocycles. The van der Waals surface area contributed by atoms with Crippen LogP contribution in [-0.4, -0.2) is 38.7 Å². The highest BCUT2D eigenvalue weighted by molar-refractivity contribution is 6.42. The van der Waals surface area contributed by atoms with Gasteiger partial charge in [-0.2, -0.15) is 4.58 Å². The molecule has 0 fully saturated rings. The Morgan fingerprint density at radius 2 is 1.70 bits per heavy atom. The van der Waals surface area contributed by atoms with Gasteiger partial charge < -0.3 is 5.32 Å². The number of hydrogen-bond acceptors (Lipinski definition) is 4. The largest absolute Gasteiger partial charge is 0.419 e. The van der Waals surface area contributed by atoms with Gasteiger partial charge in [0.1, 0.15) is 5.69 Å². The summed E-state index contributed by atoms with van der Waals surface area (Å²) in [6.07, 6.45) is 0.238. The van der Waals surface area contributed by atoms with Gasteiger partial charge in [-0.05, 0) is 54.1 Å². The van der Waals surface area contributed by atoms with E-state index in [9.17, 15) is 14.4 Å². The summed E-state index contributed by atoms with van der Waals surface area (Å²) in [5.41, 5.74) is 2.59. The average Bonchev–Trinajstić information content (AvgIpc) is 2.80. The standard InChI is InChI=1S/C23H17Cl3N4O3/c1-12-9-16-19(11-29(12)21(32)14-5-8-17(24)18(25)10-14)28-23(26)30(22(16)33)15-6-3-13(4-7-15)20(31)27-2/h3-8,10H,9,11H2,1-2H3/p+1. The number of amides is 2. The lowest BCUT2D eigenvalue weighted by Crippen LogP contribution is -2.37. The Morgan fingerprint density at radius 1 is 1.03 bits per heavy atom. The zero-order valence-corrected chi connectivity index (χ0v) is 19.9. The number of rotatable bonds is 3. The molecule has 0 radical (unpaired) electrons. The van der Waals surface area contributed by atoms with Gasteiger partial charge in [0.15, 0.2) is 12.3 Å². The van der Waals surface area contributed by atoms with Crippen molar-refractivity contribution in [1.29, 1.82) is 0 Å². The zero-order chi connectivity index (χ0) is 23.9. The molecular weight excluding hydrogens is 487 g/mol. The smallest absolute Gasteiger partial charge is 0.355 e. The molecule has 33 heavy (non-hydrogen) atoms. The molecule has 0 saturated carbocycles. The average molecular weight is 505 g/mol. The predicted molar refractivity (Wildman–Crippen MR) is 127 cm³/mol. The van der Waals surface area contributed by atoms with Crippen LogP contribution in [0.3, 0.4) is 0 Å². The molecule has 168 valence electrons. The Morgan fingerprint density at radius 3 is 2.33 bits per heavy atom. The molecule has 1 aliphatic rings. The van der Waals surface area contributed by atoms with Gasteiger partial charge in [-0.25, -0.2) is 9.78 Å². The third-order valence-electron chi connectivity index (χ3n) is 5.45. The van der Waals surface area contributed by atoms with E-state index in [0.717, 1.165) is 0 Å². The molecule has 4 rings (SSSR count). The highest BCUT2D eigenvalue weighted by atomic mass is 35.5. The van der Waals surface area contributed by atoms with E-state index in [1.165, 1.54) is 10.6 Å². The molecule has 2 heterocycles. The Hall–Kier alpha value is -3.00. The number of hydrogen-bond donors (Lipinski definition) is 1. The first kappa shape index (κ1) is 23.2. The number of benzene rings is 2. The molecule has 0 atom stereocenters. The normalized spacial score (nSPS) is 13.0. The topological polar surface area (TPSA) is 84.1 Å². The number of carbonyl (C=O) groups is 2. The van der Waals surface area contributed by atoms with E-state index >= 15 is 0 Å². The molecule has 7 nitrogen and oxygen atoms in total. The van der Waals surface area contributed by atoms with E-state index in [-0.39, 0.29) is 40.6 Å². The van der Waals surface area contributed by atoms with Gasteiger partial charge in [-0.3, -0.25) is 14.2 Å². The van der Waals surface area contributed by atoms with Gasteiger partial charge in [0.25, 0.3) is 11.5 Å². The van der Waals surface area contributed by atoms with Crippen molar-refractivity contribution in [3.05, 3.63) is 90.5 Å². The van der Waals surface area contributed by atoms with E-state index < -0.39 is 0 Å². The van der Waals surface area contributed by atoms with Gasteiger partial charge in [0, 0.05) is 19.5 Å². The van der Waals surface area contributed by atoms with Gasteiger partial charge >= 0.3 is 5.91 Å². The van der Waals surface area contributed by atoms with Crippen LogP contribution in [0.1, 0.15) is 38.9 Å². The van der Waals surface area contributed by atoms with Crippen molar-refractivity contribution in [2.75, 3.05) is 7.05 Å². The second-order valence-electron chi connectivity index (χ2n) is 7.50. The van der Waals surface area contributed by atoms with Crippen molar-refractivity contribution in [2.45, 2.75) is 19.9 Å². The summed E-state index contributed by atoms with van der Waals surface area (Å²) < 4.78 is 2.84. The number of nitrogens with zero attached hydrogens (tertiary/aromatic N) is 3. The molecule has 2 aromatic carbocycles. The second-order valence-corrected chi connectivity index (χ2v) is 8.66. The molecule has 10 heteroatoms. The van der Waals surface area contributed by atoms with Crippen LogP contribution in [0.2, 0.25) is 15.3 Å². The Kier molecular flexibility index (Phi) is 6.38. The van der Waals surface area contributed by atoms with E-state index in [0.29, 0.717) is 38.8 Å². The van der Waals surface area contributed by atoms with Crippen LogP contribution in [0.4, 0.5) is 0 Å². The highest BCUT2D eigenvalue weighted by Gasteiger charge is 2.33. The van der Waals surface area contributed by atoms with E-state index in [4.69, 9.17) is 34.8 Å². The minimum atomic E-state index is -0.321. The summed E-state index contributed by atoms with van der Waals surface area (Å²) in [4.78, 5) is 42.6. The number of carbonyl (C=O) groups excluding carboxylic acids is 2. The first-order valence-electron chi connectivity index (χ1n) is 9.93. The van der Waals surface area contributed by atoms with Crippen molar-refractivity contribution < 1.29 is 14.2 Å².